The Balaban J connectivity index is 0.00000180. The van der Waals surface area contributed by atoms with Gasteiger partial charge in [0.05, 0.1) is 6.54 Å². The van der Waals surface area contributed by atoms with E-state index < -0.39 is 0 Å². The fourth-order valence-electron chi connectivity index (χ4n) is 3.04. The van der Waals surface area contributed by atoms with E-state index in [1.54, 1.807) is 0 Å². The summed E-state index contributed by atoms with van der Waals surface area (Å²) in [5.41, 5.74) is 6.02. The van der Waals surface area contributed by atoms with Crippen LogP contribution in [-0.4, -0.2) is 55.0 Å². The van der Waals surface area contributed by atoms with Crippen molar-refractivity contribution in [3.63, 3.8) is 0 Å². The molecule has 2 fully saturated rings. The average molecular weight is 290 g/mol. The average Bonchev–Trinajstić information content (AvgIpc) is 2.58. The van der Waals surface area contributed by atoms with Crippen molar-refractivity contribution >= 4 is 18.3 Å². The highest BCUT2D eigenvalue weighted by Gasteiger charge is 2.33. The molecule has 4 nitrogen and oxygen atoms in total. The summed E-state index contributed by atoms with van der Waals surface area (Å²) in [5, 5.41) is 0. The van der Waals surface area contributed by atoms with Crippen LogP contribution < -0.4 is 5.73 Å². The van der Waals surface area contributed by atoms with Gasteiger partial charge >= 0.3 is 0 Å². The zero-order valence-electron chi connectivity index (χ0n) is 12.1. The van der Waals surface area contributed by atoms with E-state index in [0.717, 1.165) is 39.1 Å². The topological polar surface area (TPSA) is 49.6 Å². The maximum atomic E-state index is 12.3. The van der Waals surface area contributed by atoms with Crippen LogP contribution in [0.3, 0.4) is 0 Å². The van der Waals surface area contributed by atoms with Gasteiger partial charge in [0.25, 0.3) is 0 Å². The molecule has 0 aliphatic carbocycles. The fourth-order valence-corrected chi connectivity index (χ4v) is 3.04. The van der Waals surface area contributed by atoms with E-state index in [1.165, 1.54) is 25.7 Å². The molecule has 112 valence electrons. The van der Waals surface area contributed by atoms with Crippen LogP contribution in [0.15, 0.2) is 0 Å². The number of halogens is 1. The van der Waals surface area contributed by atoms with Crippen LogP contribution in [0.25, 0.3) is 0 Å². The molecule has 0 aromatic rings. The highest BCUT2D eigenvalue weighted by Crippen LogP contribution is 2.28. The predicted octanol–water partition coefficient (Wildman–Crippen LogP) is 1.48. The van der Waals surface area contributed by atoms with Gasteiger partial charge in [0, 0.05) is 19.6 Å². The third-order valence-corrected chi connectivity index (χ3v) is 4.45. The highest BCUT2D eigenvalue weighted by atomic mass is 35.5. The van der Waals surface area contributed by atoms with E-state index >= 15 is 0 Å². The van der Waals surface area contributed by atoms with Crippen molar-refractivity contribution in [1.29, 1.82) is 0 Å². The van der Waals surface area contributed by atoms with Crippen LogP contribution in [-0.2, 0) is 4.79 Å². The van der Waals surface area contributed by atoms with Gasteiger partial charge in [-0.1, -0.05) is 19.8 Å². The molecule has 2 heterocycles. The Morgan fingerprint density at radius 2 is 1.79 bits per heavy atom. The van der Waals surface area contributed by atoms with E-state index in [-0.39, 0.29) is 17.8 Å². The highest BCUT2D eigenvalue weighted by molar-refractivity contribution is 5.85. The first-order chi connectivity index (χ1) is 8.63. The molecule has 19 heavy (non-hydrogen) atoms. The first kappa shape index (κ1) is 16.7. The minimum absolute atomic E-state index is 0. The van der Waals surface area contributed by atoms with Crippen LogP contribution in [0.5, 0.6) is 0 Å². The quantitative estimate of drug-likeness (QED) is 0.856. The summed E-state index contributed by atoms with van der Waals surface area (Å²) in [6, 6.07) is 0. The van der Waals surface area contributed by atoms with Gasteiger partial charge in [-0.05, 0) is 37.8 Å². The van der Waals surface area contributed by atoms with Crippen molar-refractivity contribution in [1.82, 2.24) is 9.80 Å². The molecule has 2 saturated heterocycles. The maximum Gasteiger partial charge on any atom is 0.236 e. The first-order valence-corrected chi connectivity index (χ1v) is 7.33. The molecule has 1 amide bonds. The van der Waals surface area contributed by atoms with Crippen molar-refractivity contribution in [2.24, 2.45) is 11.1 Å². The summed E-state index contributed by atoms with van der Waals surface area (Å²) in [6.45, 7) is 7.46. The Hall–Kier alpha value is -0.320. The van der Waals surface area contributed by atoms with Gasteiger partial charge in [-0.25, -0.2) is 0 Å². The summed E-state index contributed by atoms with van der Waals surface area (Å²) in [5.74, 6) is 0.318. The van der Waals surface area contributed by atoms with Gasteiger partial charge in [0.2, 0.25) is 5.91 Å². The monoisotopic (exact) mass is 289 g/mol. The Morgan fingerprint density at radius 1 is 1.16 bits per heavy atom. The zero-order chi connectivity index (χ0) is 13.0. The molecule has 1 atom stereocenters. The third kappa shape index (κ3) is 4.62. The Morgan fingerprint density at radius 3 is 2.32 bits per heavy atom. The summed E-state index contributed by atoms with van der Waals surface area (Å²) < 4.78 is 0. The zero-order valence-corrected chi connectivity index (χ0v) is 12.9. The van der Waals surface area contributed by atoms with Crippen molar-refractivity contribution in [3.05, 3.63) is 0 Å². The normalized spacial score (nSPS) is 28.8. The summed E-state index contributed by atoms with van der Waals surface area (Å²) in [6.07, 6.45) is 6.02. The second-order valence-electron chi connectivity index (χ2n) is 6.27. The van der Waals surface area contributed by atoms with Crippen LogP contribution in [0.4, 0.5) is 0 Å². The second-order valence-corrected chi connectivity index (χ2v) is 6.27. The number of nitrogens with two attached hydrogens (primary N) is 1. The predicted molar refractivity (Wildman–Crippen MR) is 80.5 cm³/mol. The van der Waals surface area contributed by atoms with E-state index in [0.29, 0.717) is 12.5 Å². The Bertz CT molecular complexity index is 292. The summed E-state index contributed by atoms with van der Waals surface area (Å²) >= 11 is 0. The Kier molecular flexibility index (Phi) is 6.57. The van der Waals surface area contributed by atoms with E-state index in [2.05, 4.69) is 16.7 Å². The molecule has 0 spiro atoms. The van der Waals surface area contributed by atoms with Crippen LogP contribution in [0.2, 0.25) is 0 Å². The maximum absolute atomic E-state index is 12.3. The van der Waals surface area contributed by atoms with Gasteiger partial charge in [-0.15, -0.1) is 12.4 Å². The SMILES string of the molecule is CC1(CN)CCN(CC(=O)N2CCCCCC2)C1.Cl. The number of hydrogen-bond donors (Lipinski definition) is 1. The van der Waals surface area contributed by atoms with Crippen molar-refractivity contribution in [2.75, 3.05) is 39.3 Å². The molecular weight excluding hydrogens is 262 g/mol. The van der Waals surface area contributed by atoms with Crippen LogP contribution >= 0.6 is 12.4 Å². The minimum atomic E-state index is 0. The van der Waals surface area contributed by atoms with Gasteiger partial charge < -0.3 is 10.6 Å². The molecule has 0 bridgehead atoms. The molecule has 0 aromatic heterocycles. The van der Waals surface area contributed by atoms with Gasteiger partial charge in [0.15, 0.2) is 0 Å². The van der Waals surface area contributed by atoms with Gasteiger partial charge in [-0.3, -0.25) is 9.69 Å². The number of nitrogens with zero attached hydrogens (tertiary/aromatic N) is 2. The van der Waals surface area contributed by atoms with Crippen molar-refractivity contribution in [2.45, 2.75) is 39.0 Å². The lowest BCUT2D eigenvalue weighted by Crippen LogP contribution is -2.41. The first-order valence-electron chi connectivity index (χ1n) is 7.33. The van der Waals surface area contributed by atoms with Crippen molar-refractivity contribution in [3.8, 4) is 0 Å². The van der Waals surface area contributed by atoms with Crippen LogP contribution in [0.1, 0.15) is 39.0 Å². The lowest BCUT2D eigenvalue weighted by Gasteiger charge is -2.25. The molecule has 2 aliphatic heterocycles. The lowest BCUT2D eigenvalue weighted by molar-refractivity contribution is -0.132. The molecule has 0 radical (unpaired) electrons. The van der Waals surface area contributed by atoms with Gasteiger partial charge in [-0.2, -0.15) is 0 Å². The van der Waals surface area contributed by atoms with E-state index in [1.807, 2.05) is 0 Å². The van der Waals surface area contributed by atoms with Crippen LogP contribution in [0, 0.1) is 5.41 Å². The molecule has 5 heteroatoms. The number of rotatable bonds is 3. The largest absolute Gasteiger partial charge is 0.342 e. The molecule has 2 rings (SSSR count). The molecule has 2 N–H and O–H groups in total. The molecule has 0 aromatic carbocycles. The second kappa shape index (κ2) is 7.46. The van der Waals surface area contributed by atoms with Gasteiger partial charge in [0.1, 0.15) is 0 Å². The third-order valence-electron chi connectivity index (χ3n) is 4.45. The standard InChI is InChI=1S/C14H27N3O.ClH/c1-14(11-15)6-9-16(12-14)10-13(18)17-7-4-2-3-5-8-17;/h2-12,15H2,1H3;1H. The minimum Gasteiger partial charge on any atom is -0.342 e. The Labute approximate surface area is 123 Å². The number of hydrogen-bond acceptors (Lipinski definition) is 3. The number of amides is 1. The smallest absolute Gasteiger partial charge is 0.236 e. The number of likely N-dealkylation sites (tertiary alicyclic amines) is 2. The van der Waals surface area contributed by atoms with E-state index in [9.17, 15) is 4.79 Å². The fraction of sp³-hybridized carbons (Fsp3) is 0.929. The number of carbonyl (C=O) groups excluding carboxylic acids is 1. The molecular formula is C14H28ClN3O. The summed E-state index contributed by atoms with van der Waals surface area (Å²) in [4.78, 5) is 16.6. The molecule has 2 aliphatic rings. The lowest BCUT2D eigenvalue weighted by atomic mass is 9.90. The molecule has 1 unspecified atom stereocenters. The van der Waals surface area contributed by atoms with Crippen molar-refractivity contribution < 1.29 is 4.79 Å². The van der Waals surface area contributed by atoms with E-state index in [4.69, 9.17) is 5.73 Å². The number of carbonyl (C=O) groups is 1. The molecule has 0 saturated carbocycles. The summed E-state index contributed by atoms with van der Waals surface area (Å²) in [7, 11) is 0.